The number of amides is 2. The van der Waals surface area contributed by atoms with Crippen LogP contribution < -0.4 is 10.6 Å². The molecule has 2 aromatic rings. The van der Waals surface area contributed by atoms with Crippen molar-refractivity contribution in [1.29, 1.82) is 0 Å². The number of benzene rings is 2. The highest BCUT2D eigenvalue weighted by Gasteiger charge is 2.37. The van der Waals surface area contributed by atoms with Crippen LogP contribution in [0.5, 0.6) is 0 Å². The van der Waals surface area contributed by atoms with Crippen LogP contribution in [-0.4, -0.2) is 66.7 Å². The van der Waals surface area contributed by atoms with Gasteiger partial charge in [0.1, 0.15) is 12.3 Å². The fourth-order valence-electron chi connectivity index (χ4n) is 3.98. The Morgan fingerprint density at radius 2 is 1.44 bits per heavy atom. The Kier molecular flexibility index (Phi) is 16.0. The summed E-state index contributed by atoms with van der Waals surface area (Å²) in [4.78, 5) is 69.7. The van der Waals surface area contributed by atoms with E-state index in [0.29, 0.717) is 5.56 Å². The normalized spacial score (nSPS) is 14.7. The molecule has 16 nitrogen and oxygen atoms in total. The number of carbonyl (C=O) groups excluding carboxylic acids is 5. The third-order valence-electron chi connectivity index (χ3n) is 6.32. The molecule has 0 saturated carbocycles. The number of esters is 1. The van der Waals surface area contributed by atoms with Crippen LogP contribution in [0.1, 0.15) is 47.1 Å². The molecule has 264 valence electrons. The molecule has 0 aromatic heterocycles. The third kappa shape index (κ3) is 13.7. The SMILES string of the molecule is CCOC(=O)OOC(=O)C(C)NC(=O)C(Cc1ccc(-c2ccccc2)cc1)CP(=O)(OO)OC(C)NC(=O)OC(C)OC(=O)C(C)C. The molecule has 0 aliphatic heterocycles. The largest absolute Gasteiger partial charge is 0.549 e. The Bertz CT molecular complexity index is 1420. The molecule has 0 radical (unpaired) electrons. The van der Waals surface area contributed by atoms with Crippen molar-refractivity contribution in [3.63, 3.8) is 0 Å². The first-order valence-corrected chi connectivity index (χ1v) is 16.7. The topological polar surface area (TPSA) is 211 Å². The lowest BCUT2D eigenvalue weighted by Gasteiger charge is -2.25. The first-order chi connectivity index (χ1) is 22.7. The highest BCUT2D eigenvalue weighted by atomic mass is 31.2. The molecule has 0 saturated heterocycles. The second-order valence-corrected chi connectivity index (χ2v) is 12.7. The zero-order valence-corrected chi connectivity index (χ0v) is 28.3. The number of nitrogens with one attached hydrogen (secondary N) is 2. The molecule has 0 bridgehead atoms. The number of hydrogen-bond acceptors (Lipinski definition) is 14. The van der Waals surface area contributed by atoms with E-state index in [0.717, 1.165) is 11.1 Å². The number of ether oxygens (including phenoxy) is 3. The van der Waals surface area contributed by atoms with E-state index in [9.17, 15) is 33.8 Å². The lowest BCUT2D eigenvalue weighted by atomic mass is 9.97. The lowest BCUT2D eigenvalue weighted by Crippen LogP contribution is -2.44. The predicted molar refractivity (Wildman–Crippen MR) is 168 cm³/mol. The first-order valence-electron chi connectivity index (χ1n) is 14.9. The summed E-state index contributed by atoms with van der Waals surface area (Å²) in [6.07, 6.45) is -5.82. The van der Waals surface area contributed by atoms with Gasteiger partial charge < -0.3 is 19.5 Å². The van der Waals surface area contributed by atoms with Crippen molar-refractivity contribution >= 4 is 37.7 Å². The van der Waals surface area contributed by atoms with Gasteiger partial charge in [-0.1, -0.05) is 68.4 Å². The molecule has 0 spiro atoms. The maximum absolute atomic E-state index is 13.5. The van der Waals surface area contributed by atoms with Crippen molar-refractivity contribution < 1.29 is 67.0 Å². The Balaban J connectivity index is 2.18. The molecule has 0 fully saturated rings. The first kappa shape index (κ1) is 39.7. The van der Waals surface area contributed by atoms with Crippen molar-refractivity contribution in [2.75, 3.05) is 12.8 Å². The van der Waals surface area contributed by atoms with Gasteiger partial charge in [0.25, 0.3) is 0 Å². The van der Waals surface area contributed by atoms with Crippen molar-refractivity contribution in [2.45, 2.75) is 66.5 Å². The lowest BCUT2D eigenvalue weighted by molar-refractivity contribution is -0.244. The van der Waals surface area contributed by atoms with Gasteiger partial charge in [-0.15, -0.1) is 0 Å². The molecule has 3 N–H and O–H groups in total. The second kappa shape index (κ2) is 19.4. The van der Waals surface area contributed by atoms with Gasteiger partial charge in [-0.2, -0.15) is 9.47 Å². The molecule has 0 aliphatic rings. The summed E-state index contributed by atoms with van der Waals surface area (Å²) in [6.45, 7) is 8.47. The van der Waals surface area contributed by atoms with Crippen molar-refractivity contribution in [3.8, 4) is 11.1 Å². The van der Waals surface area contributed by atoms with Gasteiger partial charge in [0.2, 0.25) is 12.2 Å². The van der Waals surface area contributed by atoms with Gasteiger partial charge in [-0.05, 0) is 43.9 Å². The van der Waals surface area contributed by atoms with Gasteiger partial charge >= 0.3 is 31.8 Å². The van der Waals surface area contributed by atoms with Crippen molar-refractivity contribution in [1.82, 2.24) is 10.6 Å². The number of carbonyl (C=O) groups is 5. The van der Waals surface area contributed by atoms with Crippen LogP contribution in [-0.2, 0) is 58.6 Å². The molecule has 2 rings (SSSR count). The van der Waals surface area contributed by atoms with E-state index in [1.807, 2.05) is 42.5 Å². The van der Waals surface area contributed by atoms with Crippen LogP contribution in [0.25, 0.3) is 11.1 Å². The Morgan fingerprint density at radius 1 is 0.812 bits per heavy atom. The maximum Gasteiger partial charge on any atom is 0.549 e. The van der Waals surface area contributed by atoms with Crippen molar-refractivity contribution in [2.24, 2.45) is 11.8 Å². The summed E-state index contributed by atoms with van der Waals surface area (Å²) in [5.41, 5.74) is 2.46. The third-order valence-corrected chi connectivity index (χ3v) is 8.09. The van der Waals surface area contributed by atoms with Crippen LogP contribution in [0, 0.1) is 11.8 Å². The van der Waals surface area contributed by atoms with E-state index >= 15 is 0 Å². The van der Waals surface area contributed by atoms with Crippen LogP contribution >= 0.6 is 7.60 Å². The molecule has 0 aliphatic carbocycles. The van der Waals surface area contributed by atoms with Crippen molar-refractivity contribution in [3.05, 3.63) is 60.2 Å². The average Bonchev–Trinajstić information content (AvgIpc) is 3.03. The summed E-state index contributed by atoms with van der Waals surface area (Å²) >= 11 is 0. The molecular formula is C31H41N2O14P. The molecule has 5 atom stereocenters. The van der Waals surface area contributed by atoms with Gasteiger partial charge in [0.05, 0.1) is 24.6 Å². The Labute approximate surface area is 277 Å². The van der Waals surface area contributed by atoms with Crippen LogP contribution in [0.4, 0.5) is 9.59 Å². The zero-order chi connectivity index (χ0) is 35.9. The number of hydrogen-bond donors (Lipinski definition) is 3. The number of alkyl carbamates (subject to hydrolysis) is 1. The van der Waals surface area contributed by atoms with Gasteiger partial charge in [-0.3, -0.25) is 24.0 Å². The fraction of sp³-hybridized carbons (Fsp3) is 0.452. The summed E-state index contributed by atoms with van der Waals surface area (Å²) < 4.78 is 37.4. The Morgan fingerprint density at radius 3 is 2.02 bits per heavy atom. The van der Waals surface area contributed by atoms with Gasteiger partial charge in [0, 0.05) is 6.92 Å². The van der Waals surface area contributed by atoms with E-state index in [4.69, 9.17) is 14.0 Å². The van der Waals surface area contributed by atoms with Gasteiger partial charge in [0.15, 0.2) is 0 Å². The van der Waals surface area contributed by atoms with Crippen LogP contribution in [0.3, 0.4) is 0 Å². The standard InChI is InChI=1S/C31H41N2O14P/c1-7-41-31(38)45-44-29(36)20(4)32-27(34)26(17-23-13-15-25(16-14-23)24-11-9-8-10-12-24)18-48(40,47-39)46-21(5)33-30(37)43-22(6)42-28(35)19(2)3/h8-16,19-22,26,39H,7,17-18H2,1-6H3,(H,32,34)(H,33,37). The second-order valence-electron chi connectivity index (χ2n) is 10.7. The van der Waals surface area contributed by atoms with E-state index in [2.05, 4.69) is 29.8 Å². The van der Waals surface area contributed by atoms with Crippen LogP contribution in [0.2, 0.25) is 0 Å². The molecule has 17 heteroatoms. The summed E-state index contributed by atoms with van der Waals surface area (Å²) in [5.74, 6) is -4.30. The fourth-order valence-corrected chi connectivity index (χ4v) is 5.54. The molecule has 5 unspecified atom stereocenters. The highest BCUT2D eigenvalue weighted by Crippen LogP contribution is 2.50. The summed E-state index contributed by atoms with van der Waals surface area (Å²) in [5, 5.41) is 14.2. The van der Waals surface area contributed by atoms with E-state index in [-0.39, 0.29) is 13.0 Å². The van der Waals surface area contributed by atoms with E-state index in [1.165, 1.54) is 27.7 Å². The Hall–Kier alpha value is -4.50. The minimum absolute atomic E-state index is 0.0338. The smallest absolute Gasteiger partial charge is 0.432 e. The van der Waals surface area contributed by atoms with E-state index in [1.54, 1.807) is 26.0 Å². The molecule has 2 amide bonds. The predicted octanol–water partition coefficient (Wildman–Crippen LogP) is 4.97. The minimum atomic E-state index is -4.55. The molecule has 2 aromatic carbocycles. The van der Waals surface area contributed by atoms with Crippen LogP contribution in [0.15, 0.2) is 54.6 Å². The highest BCUT2D eigenvalue weighted by molar-refractivity contribution is 7.53. The molecule has 48 heavy (non-hydrogen) atoms. The summed E-state index contributed by atoms with van der Waals surface area (Å²) in [7, 11) is -4.55. The monoisotopic (exact) mass is 696 g/mol. The van der Waals surface area contributed by atoms with Gasteiger partial charge in [-0.25, -0.2) is 24.6 Å². The quantitative estimate of drug-likeness (QED) is 0.0696. The zero-order valence-electron chi connectivity index (χ0n) is 27.4. The average molecular weight is 697 g/mol. The van der Waals surface area contributed by atoms with E-state index < -0.39 is 74.2 Å². The number of rotatable bonds is 16. The molecular weight excluding hydrogens is 655 g/mol. The summed E-state index contributed by atoms with van der Waals surface area (Å²) in [6, 6.07) is 15.3. The maximum atomic E-state index is 13.5. The molecule has 0 heterocycles. The minimum Gasteiger partial charge on any atom is -0.432 e.